The van der Waals surface area contributed by atoms with E-state index in [0.29, 0.717) is 6.54 Å². The van der Waals surface area contributed by atoms with Gasteiger partial charge in [-0.1, -0.05) is 18.2 Å². The van der Waals surface area contributed by atoms with E-state index >= 15 is 0 Å². The fourth-order valence-corrected chi connectivity index (χ4v) is 3.78. The van der Waals surface area contributed by atoms with Crippen molar-refractivity contribution in [3.8, 4) is 0 Å². The molecule has 0 spiro atoms. The molecule has 3 rings (SSSR count). The third-order valence-corrected chi connectivity index (χ3v) is 5.26. The van der Waals surface area contributed by atoms with Crippen LogP contribution >= 0.6 is 0 Å². The topological polar surface area (TPSA) is 43.9 Å². The van der Waals surface area contributed by atoms with Crippen LogP contribution in [0.3, 0.4) is 0 Å². The number of para-hydroxylation sites is 1. The number of nitrogens with zero attached hydrogens (tertiary/aromatic N) is 3. The van der Waals surface area contributed by atoms with Crippen LogP contribution in [-0.2, 0) is 16.0 Å². The molecule has 130 valence electrons. The molecular formula is C19H27N3O2. The highest BCUT2D eigenvalue weighted by Gasteiger charge is 2.30. The standard InChI is InChI=1S/C19H27N3O2/c1-15(20-10-6-11-21(14-13-20)16(2)23)19(24)22-12-5-8-17-7-3-4-9-18(17)22/h3-4,7,9,15H,5-6,8,10-14H2,1-2H3. The highest BCUT2D eigenvalue weighted by atomic mass is 16.2. The van der Waals surface area contributed by atoms with E-state index in [9.17, 15) is 9.59 Å². The van der Waals surface area contributed by atoms with Gasteiger partial charge in [-0.3, -0.25) is 14.5 Å². The largest absolute Gasteiger partial charge is 0.342 e. The van der Waals surface area contributed by atoms with Gasteiger partial charge in [0.2, 0.25) is 11.8 Å². The van der Waals surface area contributed by atoms with E-state index in [4.69, 9.17) is 0 Å². The van der Waals surface area contributed by atoms with E-state index in [1.807, 2.05) is 28.9 Å². The third-order valence-electron chi connectivity index (χ3n) is 5.26. The number of anilines is 1. The van der Waals surface area contributed by atoms with Crippen molar-refractivity contribution in [2.45, 2.75) is 39.2 Å². The Balaban J connectivity index is 1.70. The Hall–Kier alpha value is -1.88. The van der Waals surface area contributed by atoms with Gasteiger partial charge in [0, 0.05) is 45.3 Å². The van der Waals surface area contributed by atoms with Crippen LogP contribution in [0.1, 0.15) is 32.3 Å². The van der Waals surface area contributed by atoms with Gasteiger partial charge < -0.3 is 9.80 Å². The lowest BCUT2D eigenvalue weighted by Gasteiger charge is -2.35. The fraction of sp³-hybridized carbons (Fsp3) is 0.579. The van der Waals surface area contributed by atoms with Crippen molar-refractivity contribution in [1.82, 2.24) is 9.80 Å². The fourth-order valence-electron chi connectivity index (χ4n) is 3.78. The Morgan fingerprint density at radius 3 is 2.58 bits per heavy atom. The molecule has 5 nitrogen and oxygen atoms in total. The van der Waals surface area contributed by atoms with E-state index in [-0.39, 0.29) is 17.9 Å². The van der Waals surface area contributed by atoms with Crippen molar-refractivity contribution >= 4 is 17.5 Å². The van der Waals surface area contributed by atoms with Crippen molar-refractivity contribution < 1.29 is 9.59 Å². The first-order valence-electron chi connectivity index (χ1n) is 8.97. The lowest BCUT2D eigenvalue weighted by Crippen LogP contribution is -2.49. The molecule has 2 heterocycles. The van der Waals surface area contributed by atoms with Gasteiger partial charge in [-0.05, 0) is 37.8 Å². The molecule has 1 unspecified atom stereocenters. The van der Waals surface area contributed by atoms with E-state index < -0.39 is 0 Å². The zero-order valence-corrected chi connectivity index (χ0v) is 14.7. The summed E-state index contributed by atoms with van der Waals surface area (Å²) in [6, 6.07) is 8.07. The molecule has 2 amide bonds. The Labute approximate surface area is 144 Å². The number of aryl methyl sites for hydroxylation is 1. The maximum Gasteiger partial charge on any atom is 0.244 e. The summed E-state index contributed by atoms with van der Waals surface area (Å²) in [6.45, 7) is 7.56. The number of hydrogen-bond donors (Lipinski definition) is 0. The van der Waals surface area contributed by atoms with Gasteiger partial charge in [-0.2, -0.15) is 0 Å². The monoisotopic (exact) mass is 329 g/mol. The van der Waals surface area contributed by atoms with Gasteiger partial charge in [0.05, 0.1) is 6.04 Å². The van der Waals surface area contributed by atoms with Crippen LogP contribution in [0.15, 0.2) is 24.3 Å². The van der Waals surface area contributed by atoms with Crippen molar-refractivity contribution in [2.75, 3.05) is 37.6 Å². The maximum atomic E-state index is 13.1. The van der Waals surface area contributed by atoms with Gasteiger partial charge >= 0.3 is 0 Å². The first-order valence-corrected chi connectivity index (χ1v) is 8.97. The number of carbonyl (C=O) groups is 2. The molecule has 1 aromatic carbocycles. The number of hydrogen-bond acceptors (Lipinski definition) is 3. The summed E-state index contributed by atoms with van der Waals surface area (Å²) in [5.74, 6) is 0.305. The molecule has 1 aromatic rings. The van der Waals surface area contributed by atoms with E-state index in [0.717, 1.165) is 51.1 Å². The smallest absolute Gasteiger partial charge is 0.244 e. The Bertz CT molecular complexity index is 616. The Morgan fingerprint density at radius 2 is 1.79 bits per heavy atom. The van der Waals surface area contributed by atoms with Gasteiger partial charge in [-0.15, -0.1) is 0 Å². The quantitative estimate of drug-likeness (QED) is 0.832. The Morgan fingerprint density at radius 1 is 1.00 bits per heavy atom. The van der Waals surface area contributed by atoms with Crippen LogP contribution in [0.4, 0.5) is 5.69 Å². The molecule has 0 saturated carbocycles. The normalized spacial score (nSPS) is 20.2. The molecule has 0 aromatic heterocycles. The minimum absolute atomic E-state index is 0.126. The van der Waals surface area contributed by atoms with Crippen molar-refractivity contribution in [3.05, 3.63) is 29.8 Å². The SMILES string of the molecule is CC(=O)N1CCCN(C(C)C(=O)N2CCCc3ccccc32)CC1. The van der Waals surface area contributed by atoms with Crippen LogP contribution in [0.25, 0.3) is 0 Å². The third kappa shape index (κ3) is 3.46. The molecule has 0 radical (unpaired) electrons. The summed E-state index contributed by atoms with van der Waals surface area (Å²) in [5.41, 5.74) is 2.34. The van der Waals surface area contributed by atoms with Gasteiger partial charge in [0.1, 0.15) is 0 Å². The molecule has 2 aliphatic heterocycles. The van der Waals surface area contributed by atoms with Crippen LogP contribution in [0.2, 0.25) is 0 Å². The molecule has 1 atom stereocenters. The van der Waals surface area contributed by atoms with E-state index in [1.165, 1.54) is 5.56 Å². The predicted molar refractivity (Wildman–Crippen MR) is 95.0 cm³/mol. The number of carbonyl (C=O) groups excluding carboxylic acids is 2. The molecule has 2 aliphatic rings. The summed E-state index contributed by atoms with van der Waals surface area (Å²) in [6.07, 6.45) is 2.99. The van der Waals surface area contributed by atoms with Crippen LogP contribution < -0.4 is 4.90 Å². The zero-order valence-electron chi connectivity index (χ0n) is 14.7. The number of rotatable bonds is 2. The van der Waals surface area contributed by atoms with E-state index in [1.54, 1.807) is 6.92 Å². The first-order chi connectivity index (χ1) is 11.6. The molecule has 24 heavy (non-hydrogen) atoms. The van der Waals surface area contributed by atoms with Gasteiger partial charge in [0.15, 0.2) is 0 Å². The second-order valence-corrected chi connectivity index (χ2v) is 6.79. The van der Waals surface area contributed by atoms with Gasteiger partial charge in [-0.25, -0.2) is 0 Å². The summed E-state index contributed by atoms with van der Waals surface area (Å²) < 4.78 is 0. The number of benzene rings is 1. The predicted octanol–water partition coefficient (Wildman–Crippen LogP) is 1.91. The number of amides is 2. The molecular weight excluding hydrogens is 302 g/mol. The number of fused-ring (bicyclic) bond motifs is 1. The van der Waals surface area contributed by atoms with Crippen LogP contribution in [0.5, 0.6) is 0 Å². The second kappa shape index (κ2) is 7.34. The summed E-state index contributed by atoms with van der Waals surface area (Å²) in [5, 5.41) is 0. The summed E-state index contributed by atoms with van der Waals surface area (Å²) in [7, 11) is 0. The van der Waals surface area contributed by atoms with E-state index in [2.05, 4.69) is 17.0 Å². The lowest BCUT2D eigenvalue weighted by atomic mass is 10.0. The maximum absolute atomic E-state index is 13.1. The molecule has 5 heteroatoms. The second-order valence-electron chi connectivity index (χ2n) is 6.79. The highest BCUT2D eigenvalue weighted by Crippen LogP contribution is 2.27. The highest BCUT2D eigenvalue weighted by molar-refractivity contribution is 5.98. The first kappa shape index (κ1) is 17.0. The summed E-state index contributed by atoms with van der Waals surface area (Å²) >= 11 is 0. The average molecular weight is 329 g/mol. The summed E-state index contributed by atoms with van der Waals surface area (Å²) in [4.78, 5) is 30.7. The van der Waals surface area contributed by atoms with Gasteiger partial charge in [0.25, 0.3) is 0 Å². The van der Waals surface area contributed by atoms with Crippen LogP contribution in [0, 0.1) is 0 Å². The average Bonchev–Trinajstić information content (AvgIpc) is 2.86. The molecule has 0 N–H and O–H groups in total. The van der Waals surface area contributed by atoms with Crippen molar-refractivity contribution in [2.24, 2.45) is 0 Å². The molecule has 0 bridgehead atoms. The van der Waals surface area contributed by atoms with Crippen molar-refractivity contribution in [1.29, 1.82) is 0 Å². The van der Waals surface area contributed by atoms with Crippen LogP contribution in [-0.4, -0.2) is 60.4 Å². The minimum atomic E-state index is -0.150. The zero-order chi connectivity index (χ0) is 17.1. The Kier molecular flexibility index (Phi) is 5.19. The molecule has 1 fully saturated rings. The lowest BCUT2D eigenvalue weighted by molar-refractivity contribution is -0.128. The molecule has 1 saturated heterocycles. The molecule has 0 aliphatic carbocycles. The minimum Gasteiger partial charge on any atom is -0.342 e. The van der Waals surface area contributed by atoms with Crippen molar-refractivity contribution in [3.63, 3.8) is 0 Å².